The van der Waals surface area contributed by atoms with Gasteiger partial charge in [0.2, 0.25) is 0 Å². The Labute approximate surface area is 133 Å². The third kappa shape index (κ3) is 2.29. The number of benzene rings is 2. The molecule has 1 aliphatic heterocycles. The second-order valence-corrected chi connectivity index (χ2v) is 6.54. The summed E-state index contributed by atoms with van der Waals surface area (Å²) in [7, 11) is 0. The lowest BCUT2D eigenvalue weighted by Crippen LogP contribution is -2.28. The molecule has 1 atom stereocenters. The molecule has 3 aromatic rings. The van der Waals surface area contributed by atoms with E-state index in [1.54, 1.807) is 16.8 Å². The number of rotatable bonds is 2. The van der Waals surface area contributed by atoms with Crippen LogP contribution in [0.5, 0.6) is 0 Å². The Morgan fingerprint density at radius 3 is 2.86 bits per heavy atom. The number of carbonyl (C=O) groups excluding carboxylic acids is 1. The summed E-state index contributed by atoms with van der Waals surface area (Å²) < 4.78 is 1.07. The van der Waals surface area contributed by atoms with Crippen molar-refractivity contribution in [2.45, 2.75) is 12.3 Å². The number of likely N-dealkylation sites (tertiary alicyclic amines) is 1. The zero-order chi connectivity index (χ0) is 14.9. The third-order valence-corrected chi connectivity index (χ3v) is 5.13. The number of amides is 1. The largest absolute Gasteiger partial charge is 0.338 e. The Hall–Kier alpha value is -2.20. The summed E-state index contributed by atoms with van der Waals surface area (Å²) in [5.41, 5.74) is 4.69. The van der Waals surface area contributed by atoms with Crippen molar-refractivity contribution in [3.05, 3.63) is 65.2 Å². The molecule has 2 aromatic carbocycles. The highest BCUT2D eigenvalue weighted by Gasteiger charge is 2.28. The first-order valence-electron chi connectivity index (χ1n) is 7.49. The highest BCUT2D eigenvalue weighted by molar-refractivity contribution is 7.16. The Kier molecular flexibility index (Phi) is 3.39. The van der Waals surface area contributed by atoms with E-state index in [2.05, 4.69) is 29.2 Å². The van der Waals surface area contributed by atoms with Crippen molar-refractivity contribution in [3.8, 4) is 0 Å². The topological polar surface area (TPSA) is 33.2 Å². The van der Waals surface area contributed by atoms with Crippen molar-refractivity contribution in [1.82, 2.24) is 9.88 Å². The van der Waals surface area contributed by atoms with E-state index in [9.17, 15) is 4.79 Å². The molecule has 1 fully saturated rings. The highest BCUT2D eigenvalue weighted by atomic mass is 32.1. The number of nitrogens with zero attached hydrogens (tertiary/aromatic N) is 2. The van der Waals surface area contributed by atoms with Crippen molar-refractivity contribution in [2.75, 3.05) is 13.1 Å². The van der Waals surface area contributed by atoms with E-state index in [-0.39, 0.29) is 5.91 Å². The molecule has 4 heteroatoms. The Balaban J connectivity index is 1.58. The van der Waals surface area contributed by atoms with E-state index in [1.165, 1.54) is 5.56 Å². The Morgan fingerprint density at radius 2 is 2.00 bits per heavy atom. The minimum atomic E-state index is 0.106. The molecule has 1 saturated heterocycles. The van der Waals surface area contributed by atoms with E-state index in [1.807, 2.05) is 29.2 Å². The van der Waals surface area contributed by atoms with Crippen molar-refractivity contribution >= 4 is 27.5 Å². The molecule has 110 valence electrons. The average Bonchev–Trinajstić information content (AvgIpc) is 3.24. The fourth-order valence-corrected chi connectivity index (χ4v) is 3.87. The average molecular weight is 308 g/mol. The molecule has 0 N–H and O–H groups in total. The molecule has 2 heterocycles. The second-order valence-electron chi connectivity index (χ2n) is 5.65. The molecule has 1 aliphatic rings. The van der Waals surface area contributed by atoms with Gasteiger partial charge in [-0.1, -0.05) is 36.4 Å². The van der Waals surface area contributed by atoms with Crippen LogP contribution in [0, 0.1) is 0 Å². The molecule has 1 unspecified atom stereocenters. The van der Waals surface area contributed by atoms with E-state index < -0.39 is 0 Å². The molecule has 22 heavy (non-hydrogen) atoms. The lowest BCUT2D eigenvalue weighted by molar-refractivity contribution is 0.0792. The monoisotopic (exact) mass is 308 g/mol. The van der Waals surface area contributed by atoms with E-state index in [4.69, 9.17) is 0 Å². The zero-order valence-electron chi connectivity index (χ0n) is 12.1. The molecular formula is C18H16N2OS. The minimum Gasteiger partial charge on any atom is -0.338 e. The summed E-state index contributed by atoms with van der Waals surface area (Å²) in [6.07, 6.45) is 1.03. The van der Waals surface area contributed by atoms with Gasteiger partial charge < -0.3 is 4.90 Å². The van der Waals surface area contributed by atoms with Gasteiger partial charge in [0, 0.05) is 19.0 Å². The summed E-state index contributed by atoms with van der Waals surface area (Å²) in [6, 6.07) is 16.3. The lowest BCUT2D eigenvalue weighted by atomic mass is 9.99. The van der Waals surface area contributed by atoms with E-state index in [0.29, 0.717) is 5.92 Å². The maximum Gasteiger partial charge on any atom is 0.256 e. The first kappa shape index (κ1) is 13.5. The summed E-state index contributed by atoms with van der Waals surface area (Å²) in [5, 5.41) is 0. The fraction of sp³-hybridized carbons (Fsp3) is 0.222. The highest BCUT2D eigenvalue weighted by Crippen LogP contribution is 2.29. The molecule has 0 radical (unpaired) electrons. The molecule has 1 aromatic heterocycles. The summed E-state index contributed by atoms with van der Waals surface area (Å²) in [6.45, 7) is 1.61. The van der Waals surface area contributed by atoms with Gasteiger partial charge in [0.05, 0.1) is 21.3 Å². The number of aromatic nitrogens is 1. The van der Waals surface area contributed by atoms with Crippen molar-refractivity contribution in [3.63, 3.8) is 0 Å². The van der Waals surface area contributed by atoms with Crippen molar-refractivity contribution in [1.29, 1.82) is 0 Å². The second kappa shape index (κ2) is 5.54. The van der Waals surface area contributed by atoms with Crippen LogP contribution in [0.1, 0.15) is 28.3 Å². The van der Waals surface area contributed by atoms with Gasteiger partial charge in [-0.25, -0.2) is 4.98 Å². The van der Waals surface area contributed by atoms with E-state index in [0.717, 1.165) is 35.3 Å². The molecule has 1 amide bonds. The maximum absolute atomic E-state index is 12.8. The fourth-order valence-electron chi connectivity index (χ4n) is 3.17. The van der Waals surface area contributed by atoms with Crippen LogP contribution in [0.2, 0.25) is 0 Å². The molecular weight excluding hydrogens is 292 g/mol. The smallest absolute Gasteiger partial charge is 0.256 e. The molecule has 0 spiro atoms. The Morgan fingerprint density at radius 1 is 1.14 bits per heavy atom. The predicted molar refractivity (Wildman–Crippen MR) is 89.3 cm³/mol. The van der Waals surface area contributed by atoms with Gasteiger partial charge in [-0.3, -0.25) is 4.79 Å². The number of hydrogen-bond acceptors (Lipinski definition) is 3. The van der Waals surface area contributed by atoms with Crippen LogP contribution in [0.3, 0.4) is 0 Å². The van der Waals surface area contributed by atoms with Gasteiger partial charge >= 0.3 is 0 Å². The van der Waals surface area contributed by atoms with Crippen LogP contribution in [-0.4, -0.2) is 28.9 Å². The van der Waals surface area contributed by atoms with Gasteiger partial charge in [0.25, 0.3) is 5.91 Å². The first-order valence-corrected chi connectivity index (χ1v) is 8.37. The van der Waals surface area contributed by atoms with Gasteiger partial charge in [0.1, 0.15) is 0 Å². The SMILES string of the molecule is O=C(c1cccc2scnc12)N1CCC(c2ccccc2)C1. The lowest BCUT2D eigenvalue weighted by Gasteiger charge is -2.17. The van der Waals surface area contributed by atoms with Gasteiger partial charge in [-0.2, -0.15) is 0 Å². The summed E-state index contributed by atoms with van der Waals surface area (Å²) in [5.74, 6) is 0.551. The molecule has 4 rings (SSSR count). The van der Waals surface area contributed by atoms with Gasteiger partial charge in [-0.05, 0) is 24.1 Å². The normalized spacial score (nSPS) is 18.0. The third-order valence-electron chi connectivity index (χ3n) is 4.34. The number of carbonyl (C=O) groups is 1. The first-order chi connectivity index (χ1) is 10.8. The van der Waals surface area contributed by atoms with Crippen LogP contribution in [0.4, 0.5) is 0 Å². The predicted octanol–water partition coefficient (Wildman–Crippen LogP) is 3.93. The van der Waals surface area contributed by atoms with E-state index >= 15 is 0 Å². The number of para-hydroxylation sites is 1. The van der Waals surface area contributed by atoms with Crippen LogP contribution >= 0.6 is 11.3 Å². The van der Waals surface area contributed by atoms with Crippen LogP contribution < -0.4 is 0 Å². The van der Waals surface area contributed by atoms with Gasteiger partial charge in [0.15, 0.2) is 0 Å². The van der Waals surface area contributed by atoms with Crippen LogP contribution in [0.25, 0.3) is 10.2 Å². The zero-order valence-corrected chi connectivity index (χ0v) is 12.9. The van der Waals surface area contributed by atoms with Gasteiger partial charge in [-0.15, -0.1) is 11.3 Å². The Bertz CT molecular complexity index is 812. The summed E-state index contributed by atoms with van der Waals surface area (Å²) >= 11 is 1.58. The van der Waals surface area contributed by atoms with Crippen LogP contribution in [0.15, 0.2) is 54.0 Å². The van der Waals surface area contributed by atoms with Crippen LogP contribution in [-0.2, 0) is 0 Å². The van der Waals surface area contributed by atoms with Crippen molar-refractivity contribution in [2.24, 2.45) is 0 Å². The number of thiazole rings is 1. The molecule has 3 nitrogen and oxygen atoms in total. The molecule has 0 bridgehead atoms. The number of hydrogen-bond donors (Lipinski definition) is 0. The summed E-state index contributed by atoms with van der Waals surface area (Å²) in [4.78, 5) is 19.1. The maximum atomic E-state index is 12.8. The minimum absolute atomic E-state index is 0.106. The quantitative estimate of drug-likeness (QED) is 0.719. The molecule has 0 saturated carbocycles. The standard InChI is InChI=1S/C18H16N2OS/c21-18(15-7-4-8-16-17(15)19-12-22-16)20-10-9-14(11-20)13-5-2-1-3-6-13/h1-8,12,14H,9-11H2. The van der Waals surface area contributed by atoms with Crippen molar-refractivity contribution < 1.29 is 4.79 Å². The molecule has 0 aliphatic carbocycles. The number of fused-ring (bicyclic) bond motifs is 1.